The number of nitrogens with zero attached hydrogens (tertiary/aromatic N) is 3. The number of fused-ring (bicyclic) bond motifs is 1. The molecule has 3 heterocycles. The van der Waals surface area contributed by atoms with Gasteiger partial charge in [-0.1, -0.05) is 24.6 Å². The standard InChI is InChI=1S/C23H25N3O3.C4H4O4/c27-22-19-8-2-3-9-20(19)23(28)26(22)14-6-7-15-29-21-16-18(10-11-24-21)17-25-12-4-1-5-13-25;5-3(6)1-2-4(7)8/h2-3,6-11,16H,1,4-5,12-15,17H2;1-2H,(H,5,6)(H,7,8). The molecule has 10 nitrogen and oxygen atoms in total. The maximum Gasteiger partial charge on any atom is 0.328 e. The number of benzene rings is 1. The quantitative estimate of drug-likeness (QED) is 0.298. The maximum atomic E-state index is 12.3. The number of piperidine rings is 1. The highest BCUT2D eigenvalue weighted by Crippen LogP contribution is 2.22. The highest BCUT2D eigenvalue weighted by molar-refractivity contribution is 6.21. The molecule has 0 saturated carbocycles. The molecule has 0 bridgehead atoms. The molecule has 0 aliphatic carbocycles. The zero-order valence-electron chi connectivity index (χ0n) is 20.3. The predicted molar refractivity (Wildman–Crippen MR) is 134 cm³/mol. The Morgan fingerprint density at radius 1 is 0.919 bits per heavy atom. The number of pyridine rings is 1. The van der Waals surface area contributed by atoms with Crippen LogP contribution < -0.4 is 4.74 Å². The number of imide groups is 1. The monoisotopic (exact) mass is 507 g/mol. The number of aromatic nitrogens is 1. The minimum absolute atomic E-state index is 0.234. The van der Waals surface area contributed by atoms with Gasteiger partial charge in [-0.05, 0) is 55.8 Å². The van der Waals surface area contributed by atoms with Crippen LogP contribution in [0.2, 0.25) is 0 Å². The summed E-state index contributed by atoms with van der Waals surface area (Å²) in [5.74, 6) is -2.42. The Morgan fingerprint density at radius 3 is 2.14 bits per heavy atom. The van der Waals surface area contributed by atoms with Crippen molar-refractivity contribution in [2.45, 2.75) is 25.8 Å². The Balaban J connectivity index is 0.000000414. The van der Waals surface area contributed by atoms with Crippen LogP contribution in [0.1, 0.15) is 45.5 Å². The van der Waals surface area contributed by atoms with Crippen molar-refractivity contribution < 1.29 is 34.1 Å². The maximum absolute atomic E-state index is 12.3. The Morgan fingerprint density at radius 2 is 1.54 bits per heavy atom. The summed E-state index contributed by atoms with van der Waals surface area (Å²) in [6.45, 7) is 3.80. The van der Waals surface area contributed by atoms with Gasteiger partial charge in [0.15, 0.2) is 0 Å². The molecular formula is C27H29N3O7. The molecule has 194 valence electrons. The molecule has 0 atom stereocenters. The Bertz CT molecular complexity index is 1140. The Kier molecular flexibility index (Phi) is 10.1. The van der Waals surface area contributed by atoms with E-state index in [1.54, 1.807) is 36.5 Å². The molecule has 1 fully saturated rings. The van der Waals surface area contributed by atoms with Crippen molar-refractivity contribution >= 4 is 23.8 Å². The molecule has 0 unspecified atom stereocenters. The molecule has 2 N–H and O–H groups in total. The van der Waals surface area contributed by atoms with Crippen LogP contribution in [0.5, 0.6) is 5.88 Å². The fourth-order valence-electron chi connectivity index (χ4n) is 3.93. The lowest BCUT2D eigenvalue weighted by atomic mass is 10.1. The van der Waals surface area contributed by atoms with E-state index in [1.165, 1.54) is 29.7 Å². The average molecular weight is 508 g/mol. The zero-order valence-corrected chi connectivity index (χ0v) is 20.3. The third-order valence-corrected chi connectivity index (χ3v) is 5.68. The lowest BCUT2D eigenvalue weighted by Gasteiger charge is -2.26. The highest BCUT2D eigenvalue weighted by Gasteiger charge is 2.34. The number of amides is 2. The second kappa shape index (κ2) is 13.7. The number of hydrogen-bond acceptors (Lipinski definition) is 7. The minimum atomic E-state index is -1.26. The summed E-state index contributed by atoms with van der Waals surface area (Å²) >= 11 is 0. The van der Waals surface area contributed by atoms with Gasteiger partial charge in [0, 0.05) is 37.5 Å². The molecule has 1 aromatic heterocycles. The second-order valence-corrected chi connectivity index (χ2v) is 8.40. The van der Waals surface area contributed by atoms with Gasteiger partial charge in [0.05, 0.1) is 11.1 Å². The molecule has 2 aliphatic rings. The van der Waals surface area contributed by atoms with Crippen molar-refractivity contribution in [3.05, 3.63) is 83.6 Å². The molecule has 0 spiro atoms. The van der Waals surface area contributed by atoms with Crippen molar-refractivity contribution in [2.24, 2.45) is 0 Å². The van der Waals surface area contributed by atoms with E-state index in [1.807, 2.05) is 18.2 Å². The van der Waals surface area contributed by atoms with Crippen molar-refractivity contribution in [3.8, 4) is 5.88 Å². The molecule has 4 rings (SSSR count). The van der Waals surface area contributed by atoms with Crippen molar-refractivity contribution in [2.75, 3.05) is 26.2 Å². The number of carbonyl (C=O) groups excluding carboxylic acids is 2. The smallest absolute Gasteiger partial charge is 0.328 e. The van der Waals surface area contributed by atoms with E-state index in [2.05, 4.69) is 9.88 Å². The topological polar surface area (TPSA) is 137 Å². The summed E-state index contributed by atoms with van der Waals surface area (Å²) in [5.41, 5.74) is 2.14. The average Bonchev–Trinajstić information content (AvgIpc) is 3.13. The number of carboxylic acid groups (broad SMARTS) is 2. The van der Waals surface area contributed by atoms with Crippen LogP contribution >= 0.6 is 0 Å². The van der Waals surface area contributed by atoms with Crippen molar-refractivity contribution in [1.82, 2.24) is 14.8 Å². The van der Waals surface area contributed by atoms with Crippen LogP contribution in [0.25, 0.3) is 0 Å². The molecule has 37 heavy (non-hydrogen) atoms. The van der Waals surface area contributed by atoms with E-state index >= 15 is 0 Å². The van der Waals surface area contributed by atoms with Crippen LogP contribution in [-0.2, 0) is 16.1 Å². The Hall–Kier alpha value is -4.31. The van der Waals surface area contributed by atoms with E-state index in [4.69, 9.17) is 14.9 Å². The zero-order chi connectivity index (χ0) is 26.6. The number of ether oxygens (including phenoxy) is 1. The van der Waals surface area contributed by atoms with Crippen LogP contribution in [-0.4, -0.2) is 75.0 Å². The largest absolute Gasteiger partial charge is 0.478 e. The molecule has 10 heteroatoms. The van der Waals surface area contributed by atoms with Gasteiger partial charge in [0.1, 0.15) is 6.61 Å². The molecule has 2 aromatic rings. The first-order chi connectivity index (χ1) is 17.8. The summed E-state index contributed by atoms with van der Waals surface area (Å²) in [7, 11) is 0. The van der Waals surface area contributed by atoms with Gasteiger partial charge in [-0.3, -0.25) is 19.4 Å². The molecule has 1 saturated heterocycles. The van der Waals surface area contributed by atoms with E-state index in [9.17, 15) is 19.2 Å². The number of likely N-dealkylation sites (tertiary alicyclic amines) is 1. The van der Waals surface area contributed by atoms with Crippen LogP contribution in [0.4, 0.5) is 0 Å². The second-order valence-electron chi connectivity index (χ2n) is 8.40. The summed E-state index contributed by atoms with van der Waals surface area (Å²) in [4.78, 5) is 51.7. The van der Waals surface area contributed by atoms with Gasteiger partial charge >= 0.3 is 11.9 Å². The summed E-state index contributed by atoms with van der Waals surface area (Å²) in [5, 5.41) is 15.6. The first-order valence-corrected chi connectivity index (χ1v) is 11.9. The number of aliphatic carboxylic acids is 2. The van der Waals surface area contributed by atoms with E-state index in [-0.39, 0.29) is 18.4 Å². The summed E-state index contributed by atoms with van der Waals surface area (Å²) in [6.07, 6.45) is 10.3. The first kappa shape index (κ1) is 27.3. The third-order valence-electron chi connectivity index (χ3n) is 5.68. The van der Waals surface area contributed by atoms with Crippen LogP contribution in [0, 0.1) is 0 Å². The van der Waals surface area contributed by atoms with Gasteiger partial charge in [-0.15, -0.1) is 0 Å². The summed E-state index contributed by atoms with van der Waals surface area (Å²) < 4.78 is 5.71. The predicted octanol–water partition coefficient (Wildman–Crippen LogP) is 3.01. The van der Waals surface area contributed by atoms with E-state index in [0.717, 1.165) is 19.6 Å². The van der Waals surface area contributed by atoms with Gasteiger partial charge < -0.3 is 14.9 Å². The lowest BCUT2D eigenvalue weighted by Crippen LogP contribution is -2.29. The fraction of sp³-hybridized carbons (Fsp3) is 0.296. The van der Waals surface area contributed by atoms with E-state index in [0.29, 0.717) is 35.8 Å². The number of carbonyl (C=O) groups is 4. The molecule has 1 aromatic carbocycles. The number of hydrogen-bond donors (Lipinski definition) is 2. The highest BCUT2D eigenvalue weighted by atomic mass is 16.5. The Labute approximate surface area is 214 Å². The molecule has 0 radical (unpaired) electrons. The van der Waals surface area contributed by atoms with Crippen LogP contribution in [0.15, 0.2) is 66.9 Å². The third kappa shape index (κ3) is 8.39. The fourth-order valence-corrected chi connectivity index (χ4v) is 3.93. The summed E-state index contributed by atoms with van der Waals surface area (Å²) in [6, 6.07) is 10.9. The molecule has 2 amide bonds. The number of rotatable bonds is 9. The molecule has 2 aliphatic heterocycles. The minimum Gasteiger partial charge on any atom is -0.478 e. The SMILES string of the molecule is O=C(O)C=CC(=O)O.O=C1c2ccccc2C(=O)N1CC=CCOc1cc(CN2CCCCC2)ccn1. The molecular weight excluding hydrogens is 478 g/mol. The van der Waals surface area contributed by atoms with E-state index < -0.39 is 11.9 Å². The van der Waals surface area contributed by atoms with Gasteiger partial charge in [-0.25, -0.2) is 14.6 Å². The van der Waals surface area contributed by atoms with Gasteiger partial charge in [0.25, 0.3) is 11.8 Å². The van der Waals surface area contributed by atoms with Crippen molar-refractivity contribution in [3.63, 3.8) is 0 Å². The van der Waals surface area contributed by atoms with Crippen molar-refractivity contribution in [1.29, 1.82) is 0 Å². The lowest BCUT2D eigenvalue weighted by molar-refractivity contribution is -0.134. The first-order valence-electron chi connectivity index (χ1n) is 11.9. The normalized spacial score (nSPS) is 15.5. The van der Waals surface area contributed by atoms with Gasteiger partial charge in [-0.2, -0.15) is 0 Å². The van der Waals surface area contributed by atoms with Gasteiger partial charge in [0.2, 0.25) is 5.88 Å². The van der Waals surface area contributed by atoms with Crippen LogP contribution in [0.3, 0.4) is 0 Å². The number of carboxylic acids is 2.